The zero-order chi connectivity index (χ0) is 27.8. The Bertz CT molecular complexity index is 1430. The number of benzene rings is 2. The molecule has 0 N–H and O–H groups in total. The van der Waals surface area contributed by atoms with Gasteiger partial charge in [0.05, 0.1) is 11.5 Å². The minimum atomic E-state index is -5.07. The fourth-order valence-electron chi connectivity index (χ4n) is 4.23. The van der Waals surface area contributed by atoms with Crippen LogP contribution in [0.4, 0.5) is 35.1 Å². The van der Waals surface area contributed by atoms with Crippen LogP contribution in [-0.4, -0.2) is 11.0 Å². The van der Waals surface area contributed by atoms with Crippen molar-refractivity contribution in [1.82, 2.24) is 4.98 Å². The average molecular weight is 565 g/mol. The standard InChI is InChI=1S/C26H17F8NO3.Na/c27-16-6-4-13(21(28)10-16)12-38-22-7-5-15(25(29,30)31)9-19(22)18-3-1-2-17(18)14-8-20(24(36)37)23(35-11-14)26(32,33)34;/h4-11H,1-3,12H2,(H,36,37);/q;+1/p-1. The summed E-state index contributed by atoms with van der Waals surface area (Å²) in [6.45, 7) is -0.455. The maximum atomic E-state index is 14.1. The SMILES string of the molecule is O=C([O-])c1cc(C2=C(c3cc(C(F)(F)F)ccc3OCc3ccc(F)cc3F)CCC2)cnc1C(F)(F)F.[Na+]. The molecule has 0 aliphatic heterocycles. The quantitative estimate of drug-likeness (QED) is 0.340. The monoisotopic (exact) mass is 565 g/mol. The molecule has 0 saturated carbocycles. The van der Waals surface area contributed by atoms with E-state index in [0.717, 1.165) is 42.6 Å². The number of aromatic nitrogens is 1. The topological polar surface area (TPSA) is 62.2 Å². The summed E-state index contributed by atoms with van der Waals surface area (Å²) in [4.78, 5) is 14.7. The molecule has 0 atom stereocenters. The van der Waals surface area contributed by atoms with E-state index in [2.05, 4.69) is 4.98 Å². The first-order valence-corrected chi connectivity index (χ1v) is 11.0. The van der Waals surface area contributed by atoms with Crippen LogP contribution in [0, 0.1) is 11.6 Å². The predicted octanol–water partition coefficient (Wildman–Crippen LogP) is 3.44. The third-order valence-corrected chi connectivity index (χ3v) is 5.97. The Labute approximate surface area is 238 Å². The van der Waals surface area contributed by atoms with Crippen molar-refractivity contribution >= 4 is 17.1 Å². The van der Waals surface area contributed by atoms with E-state index >= 15 is 0 Å². The molecule has 0 unspecified atom stereocenters. The van der Waals surface area contributed by atoms with Gasteiger partial charge in [0.25, 0.3) is 0 Å². The van der Waals surface area contributed by atoms with Crippen molar-refractivity contribution in [3.05, 3.63) is 93.8 Å². The number of hydrogen-bond acceptors (Lipinski definition) is 4. The summed E-state index contributed by atoms with van der Waals surface area (Å²) in [7, 11) is 0. The minimum absolute atomic E-state index is 0. The largest absolute Gasteiger partial charge is 1.00 e. The van der Waals surface area contributed by atoms with Gasteiger partial charge in [0, 0.05) is 29.0 Å². The van der Waals surface area contributed by atoms with Crippen molar-refractivity contribution in [3.8, 4) is 5.75 Å². The van der Waals surface area contributed by atoms with Gasteiger partial charge in [0.1, 0.15) is 24.0 Å². The van der Waals surface area contributed by atoms with Gasteiger partial charge in [-0.05, 0) is 72.4 Å². The molecule has 3 aromatic rings. The first-order chi connectivity index (χ1) is 17.8. The number of carbonyl (C=O) groups is 1. The normalized spacial score (nSPS) is 13.8. The maximum Gasteiger partial charge on any atom is 1.00 e. The number of aromatic carboxylic acids is 1. The Morgan fingerprint density at radius 3 is 2.23 bits per heavy atom. The number of halogens is 8. The van der Waals surface area contributed by atoms with Crippen molar-refractivity contribution in [1.29, 1.82) is 0 Å². The van der Waals surface area contributed by atoms with Gasteiger partial charge in [-0.1, -0.05) is 0 Å². The number of hydrogen-bond donors (Lipinski definition) is 0. The van der Waals surface area contributed by atoms with Crippen molar-refractivity contribution in [2.75, 3.05) is 0 Å². The number of alkyl halides is 6. The summed E-state index contributed by atoms with van der Waals surface area (Å²) >= 11 is 0. The van der Waals surface area contributed by atoms with Crippen LogP contribution in [-0.2, 0) is 19.0 Å². The molecule has 2 aromatic carbocycles. The van der Waals surface area contributed by atoms with E-state index in [9.17, 15) is 45.0 Å². The van der Waals surface area contributed by atoms with Gasteiger partial charge in [0.15, 0.2) is 5.69 Å². The van der Waals surface area contributed by atoms with E-state index in [1.165, 1.54) is 0 Å². The second-order valence-corrected chi connectivity index (χ2v) is 8.45. The fourth-order valence-corrected chi connectivity index (χ4v) is 4.23. The summed E-state index contributed by atoms with van der Waals surface area (Å²) in [5.41, 5.74) is -3.49. The van der Waals surface area contributed by atoms with Gasteiger partial charge in [-0.25, -0.2) is 8.78 Å². The van der Waals surface area contributed by atoms with E-state index < -0.39 is 53.4 Å². The molecular formula is C26H16F8NNaO3. The van der Waals surface area contributed by atoms with Crippen molar-refractivity contribution in [3.63, 3.8) is 0 Å². The molecule has 0 amide bonds. The summed E-state index contributed by atoms with van der Waals surface area (Å²) in [5.74, 6) is -3.96. The average Bonchev–Trinajstić information content (AvgIpc) is 3.31. The number of pyridine rings is 1. The van der Waals surface area contributed by atoms with E-state index in [0.29, 0.717) is 12.5 Å². The van der Waals surface area contributed by atoms with Gasteiger partial charge in [-0.2, -0.15) is 26.3 Å². The van der Waals surface area contributed by atoms with Gasteiger partial charge in [-0.3, -0.25) is 4.98 Å². The summed E-state index contributed by atoms with van der Waals surface area (Å²) in [5, 5.41) is 11.4. The van der Waals surface area contributed by atoms with Crippen LogP contribution in [0.3, 0.4) is 0 Å². The van der Waals surface area contributed by atoms with Crippen molar-refractivity contribution in [2.45, 2.75) is 38.2 Å². The first kappa shape index (κ1) is 30.6. The number of allylic oxidation sites excluding steroid dienone is 2. The van der Waals surface area contributed by atoms with Gasteiger partial charge in [-0.15, -0.1) is 0 Å². The van der Waals surface area contributed by atoms with Crippen LogP contribution in [0.15, 0.2) is 48.7 Å². The molecule has 1 aromatic heterocycles. The van der Waals surface area contributed by atoms with Crippen LogP contribution in [0.25, 0.3) is 11.1 Å². The third-order valence-electron chi connectivity index (χ3n) is 5.97. The Morgan fingerprint density at radius 1 is 0.923 bits per heavy atom. The Morgan fingerprint density at radius 2 is 1.62 bits per heavy atom. The Kier molecular flexibility index (Phi) is 9.13. The van der Waals surface area contributed by atoms with E-state index in [-0.39, 0.29) is 76.0 Å². The minimum Gasteiger partial charge on any atom is -0.545 e. The van der Waals surface area contributed by atoms with Crippen LogP contribution in [0.1, 0.15) is 57.6 Å². The molecule has 39 heavy (non-hydrogen) atoms. The molecule has 13 heteroatoms. The number of nitrogens with zero attached hydrogens (tertiary/aromatic N) is 1. The number of rotatable bonds is 6. The molecule has 0 spiro atoms. The molecule has 0 fully saturated rings. The van der Waals surface area contributed by atoms with Crippen LogP contribution in [0.5, 0.6) is 5.75 Å². The molecule has 0 bridgehead atoms. The van der Waals surface area contributed by atoms with Crippen molar-refractivity contribution in [2.24, 2.45) is 0 Å². The summed E-state index contributed by atoms with van der Waals surface area (Å²) < 4.78 is 113. The Balaban J connectivity index is 0.00000420. The molecule has 4 nitrogen and oxygen atoms in total. The van der Waals surface area contributed by atoms with E-state index in [4.69, 9.17) is 4.74 Å². The summed E-state index contributed by atoms with van der Waals surface area (Å²) in [6.07, 6.45) is -8.21. The molecular weight excluding hydrogens is 549 g/mol. The molecule has 1 aliphatic rings. The fraction of sp³-hybridized carbons (Fsp3) is 0.231. The number of carboxylic acid groups (broad SMARTS) is 1. The second kappa shape index (κ2) is 11.6. The van der Waals surface area contributed by atoms with Crippen molar-refractivity contribution < 1.29 is 79.3 Å². The number of ether oxygens (including phenoxy) is 1. The van der Waals surface area contributed by atoms with Gasteiger partial charge < -0.3 is 14.6 Å². The van der Waals surface area contributed by atoms with Crippen LogP contribution >= 0.6 is 0 Å². The zero-order valence-electron chi connectivity index (χ0n) is 20.1. The first-order valence-electron chi connectivity index (χ1n) is 11.0. The van der Waals surface area contributed by atoms with Crippen LogP contribution < -0.4 is 39.4 Å². The van der Waals surface area contributed by atoms with E-state index in [1.807, 2.05) is 0 Å². The molecule has 0 saturated heterocycles. The molecule has 4 rings (SSSR count). The number of carbonyl (C=O) groups excluding carboxylic acids is 1. The maximum absolute atomic E-state index is 14.1. The predicted molar refractivity (Wildman–Crippen MR) is 116 cm³/mol. The van der Waals surface area contributed by atoms with Gasteiger partial charge >= 0.3 is 41.9 Å². The molecule has 1 heterocycles. The molecule has 0 radical (unpaired) electrons. The van der Waals surface area contributed by atoms with E-state index in [1.54, 1.807) is 0 Å². The number of carboxylic acids is 1. The summed E-state index contributed by atoms with van der Waals surface area (Å²) in [6, 6.07) is 6.03. The molecule has 1 aliphatic carbocycles. The second-order valence-electron chi connectivity index (χ2n) is 8.45. The third kappa shape index (κ3) is 6.79. The zero-order valence-corrected chi connectivity index (χ0v) is 22.1. The molecule has 200 valence electrons. The van der Waals surface area contributed by atoms with Gasteiger partial charge in [0.2, 0.25) is 0 Å². The smallest absolute Gasteiger partial charge is 0.545 e. The Hall–Kier alpha value is -2.96. The van der Waals surface area contributed by atoms with Crippen LogP contribution in [0.2, 0.25) is 0 Å².